The third-order valence-corrected chi connectivity index (χ3v) is 3.39. The summed E-state index contributed by atoms with van der Waals surface area (Å²) in [6.45, 7) is 2.01. The summed E-state index contributed by atoms with van der Waals surface area (Å²) in [5, 5.41) is 1.01. The zero-order valence-corrected chi connectivity index (χ0v) is 12.7. The maximum atomic E-state index is 11.2. The van der Waals surface area contributed by atoms with Gasteiger partial charge < -0.3 is 14.2 Å². The van der Waals surface area contributed by atoms with Crippen LogP contribution in [0.2, 0.25) is 0 Å². The van der Waals surface area contributed by atoms with Gasteiger partial charge in [0.2, 0.25) is 0 Å². The minimum absolute atomic E-state index is 0.234. The largest absolute Gasteiger partial charge is 0.493 e. The van der Waals surface area contributed by atoms with Gasteiger partial charge in [0, 0.05) is 23.6 Å². The van der Waals surface area contributed by atoms with Crippen LogP contribution in [0, 0.1) is 6.92 Å². The average Bonchev–Trinajstić information content (AvgIpc) is 2.51. The zero-order valence-electron chi connectivity index (χ0n) is 12.7. The van der Waals surface area contributed by atoms with Crippen molar-refractivity contribution in [3.05, 3.63) is 29.5 Å². The Morgan fingerprint density at radius 2 is 1.76 bits per heavy atom. The number of rotatable bonds is 5. The number of fused-ring (bicyclic) bond motifs is 1. The summed E-state index contributed by atoms with van der Waals surface area (Å²) in [4.78, 5) is 15.8. The van der Waals surface area contributed by atoms with E-state index in [4.69, 9.17) is 9.47 Å². The number of aryl methyl sites for hydroxylation is 2. The van der Waals surface area contributed by atoms with Crippen molar-refractivity contribution >= 4 is 16.9 Å². The first-order valence-corrected chi connectivity index (χ1v) is 6.68. The standard InChI is InChI=1S/C16H19NO4/c1-10-7-11(5-6-16(18)21-4)17-13-9-15(20-3)14(19-2)8-12(10)13/h7-9H,5-6H2,1-4H3. The quantitative estimate of drug-likeness (QED) is 0.792. The Morgan fingerprint density at radius 3 is 2.38 bits per heavy atom. The van der Waals surface area contributed by atoms with Gasteiger partial charge in [-0.2, -0.15) is 0 Å². The monoisotopic (exact) mass is 289 g/mol. The number of esters is 1. The summed E-state index contributed by atoms with van der Waals surface area (Å²) in [5.41, 5.74) is 2.77. The van der Waals surface area contributed by atoms with Crippen molar-refractivity contribution in [2.75, 3.05) is 21.3 Å². The topological polar surface area (TPSA) is 57.7 Å². The van der Waals surface area contributed by atoms with Crippen molar-refractivity contribution in [3.63, 3.8) is 0 Å². The van der Waals surface area contributed by atoms with Gasteiger partial charge in [0.1, 0.15) is 0 Å². The van der Waals surface area contributed by atoms with Crippen LogP contribution >= 0.6 is 0 Å². The van der Waals surface area contributed by atoms with Crippen LogP contribution in [0.3, 0.4) is 0 Å². The molecule has 0 N–H and O–H groups in total. The molecule has 0 bridgehead atoms. The van der Waals surface area contributed by atoms with E-state index in [0.29, 0.717) is 24.3 Å². The van der Waals surface area contributed by atoms with E-state index in [9.17, 15) is 4.79 Å². The second kappa shape index (κ2) is 6.43. The molecule has 0 radical (unpaired) electrons. The van der Waals surface area contributed by atoms with Gasteiger partial charge in [-0.1, -0.05) is 0 Å². The number of methoxy groups -OCH3 is 3. The molecule has 21 heavy (non-hydrogen) atoms. The SMILES string of the molecule is COC(=O)CCc1cc(C)c2cc(OC)c(OC)cc2n1. The molecule has 0 amide bonds. The Kier molecular flexibility index (Phi) is 4.62. The van der Waals surface area contributed by atoms with E-state index in [0.717, 1.165) is 22.2 Å². The molecule has 2 aromatic rings. The molecule has 0 saturated carbocycles. The molecule has 1 heterocycles. The number of benzene rings is 1. The normalized spacial score (nSPS) is 10.5. The molecule has 0 aliphatic carbocycles. The van der Waals surface area contributed by atoms with Gasteiger partial charge in [0.05, 0.1) is 33.3 Å². The molecule has 0 aliphatic heterocycles. The van der Waals surface area contributed by atoms with Gasteiger partial charge in [-0.25, -0.2) is 0 Å². The van der Waals surface area contributed by atoms with E-state index >= 15 is 0 Å². The molecule has 1 aromatic heterocycles. The van der Waals surface area contributed by atoms with Crippen molar-refractivity contribution in [3.8, 4) is 11.5 Å². The molecule has 5 nitrogen and oxygen atoms in total. The van der Waals surface area contributed by atoms with Gasteiger partial charge in [-0.3, -0.25) is 9.78 Å². The number of hydrogen-bond acceptors (Lipinski definition) is 5. The van der Waals surface area contributed by atoms with Gasteiger partial charge in [0.25, 0.3) is 0 Å². The van der Waals surface area contributed by atoms with Crippen LogP contribution < -0.4 is 9.47 Å². The fraction of sp³-hybridized carbons (Fsp3) is 0.375. The van der Waals surface area contributed by atoms with Gasteiger partial charge in [0.15, 0.2) is 11.5 Å². The molecule has 112 valence electrons. The summed E-state index contributed by atoms with van der Waals surface area (Å²) in [5.74, 6) is 1.08. The summed E-state index contributed by atoms with van der Waals surface area (Å²) in [7, 11) is 4.59. The molecule has 0 atom stereocenters. The number of ether oxygens (including phenoxy) is 3. The molecule has 0 saturated heterocycles. The molecule has 0 spiro atoms. The third-order valence-electron chi connectivity index (χ3n) is 3.39. The summed E-state index contributed by atoms with van der Waals surface area (Å²) >= 11 is 0. The van der Waals surface area contributed by atoms with Crippen molar-refractivity contribution in [1.82, 2.24) is 4.98 Å². The zero-order chi connectivity index (χ0) is 15.4. The first kappa shape index (κ1) is 15.1. The first-order valence-electron chi connectivity index (χ1n) is 6.68. The highest BCUT2D eigenvalue weighted by Crippen LogP contribution is 2.33. The Bertz CT molecular complexity index is 667. The van der Waals surface area contributed by atoms with E-state index in [2.05, 4.69) is 9.72 Å². The van der Waals surface area contributed by atoms with Crippen LogP contribution in [0.5, 0.6) is 11.5 Å². The molecule has 5 heteroatoms. The molecular weight excluding hydrogens is 270 g/mol. The molecule has 2 rings (SSSR count). The fourth-order valence-corrected chi connectivity index (χ4v) is 2.25. The lowest BCUT2D eigenvalue weighted by molar-refractivity contribution is -0.140. The average molecular weight is 289 g/mol. The number of pyridine rings is 1. The van der Waals surface area contributed by atoms with Crippen molar-refractivity contribution < 1.29 is 19.0 Å². The molecule has 0 unspecified atom stereocenters. The Hall–Kier alpha value is -2.30. The predicted octanol–water partition coefficient (Wildman–Crippen LogP) is 2.67. The fourth-order valence-electron chi connectivity index (χ4n) is 2.25. The van der Waals surface area contributed by atoms with Gasteiger partial charge in [-0.15, -0.1) is 0 Å². The highest BCUT2D eigenvalue weighted by Gasteiger charge is 2.11. The third kappa shape index (κ3) is 3.24. The molecule has 0 fully saturated rings. The molecule has 1 aromatic carbocycles. The summed E-state index contributed by atoms with van der Waals surface area (Å²) in [6.07, 6.45) is 0.875. The summed E-state index contributed by atoms with van der Waals surface area (Å²) < 4.78 is 15.3. The van der Waals surface area contributed by atoms with E-state index in [-0.39, 0.29) is 5.97 Å². The minimum Gasteiger partial charge on any atom is -0.493 e. The highest BCUT2D eigenvalue weighted by molar-refractivity contribution is 5.86. The van der Waals surface area contributed by atoms with Crippen LogP contribution in [0.4, 0.5) is 0 Å². The van der Waals surface area contributed by atoms with E-state index in [1.807, 2.05) is 25.1 Å². The molecule has 0 aliphatic rings. The van der Waals surface area contributed by atoms with Crippen LogP contribution in [-0.4, -0.2) is 32.3 Å². The number of aromatic nitrogens is 1. The smallest absolute Gasteiger partial charge is 0.305 e. The van der Waals surface area contributed by atoms with Gasteiger partial charge in [-0.05, 0) is 24.6 Å². The first-order chi connectivity index (χ1) is 10.1. The maximum Gasteiger partial charge on any atom is 0.305 e. The highest BCUT2D eigenvalue weighted by atomic mass is 16.5. The van der Waals surface area contributed by atoms with Crippen LogP contribution in [-0.2, 0) is 16.0 Å². The van der Waals surface area contributed by atoms with Gasteiger partial charge >= 0.3 is 5.97 Å². The Labute approximate surface area is 123 Å². The Balaban J connectivity index is 2.42. The van der Waals surface area contributed by atoms with Crippen molar-refractivity contribution in [1.29, 1.82) is 0 Å². The van der Waals surface area contributed by atoms with E-state index < -0.39 is 0 Å². The summed E-state index contributed by atoms with van der Waals surface area (Å²) in [6, 6.07) is 5.75. The number of carbonyl (C=O) groups excluding carboxylic acids is 1. The van der Waals surface area contributed by atoms with Crippen LogP contribution in [0.1, 0.15) is 17.7 Å². The van der Waals surface area contributed by atoms with E-state index in [1.54, 1.807) is 14.2 Å². The minimum atomic E-state index is -0.234. The van der Waals surface area contributed by atoms with E-state index in [1.165, 1.54) is 7.11 Å². The number of nitrogens with zero attached hydrogens (tertiary/aromatic N) is 1. The second-order valence-corrected chi connectivity index (χ2v) is 4.73. The second-order valence-electron chi connectivity index (χ2n) is 4.73. The Morgan fingerprint density at radius 1 is 1.10 bits per heavy atom. The number of carbonyl (C=O) groups is 1. The predicted molar refractivity (Wildman–Crippen MR) is 79.9 cm³/mol. The molecular formula is C16H19NO4. The lowest BCUT2D eigenvalue weighted by Crippen LogP contribution is -2.03. The van der Waals surface area contributed by atoms with Crippen LogP contribution in [0.15, 0.2) is 18.2 Å². The number of hydrogen-bond donors (Lipinski definition) is 0. The van der Waals surface area contributed by atoms with Crippen LogP contribution in [0.25, 0.3) is 10.9 Å². The van der Waals surface area contributed by atoms with Crippen molar-refractivity contribution in [2.24, 2.45) is 0 Å². The van der Waals surface area contributed by atoms with Crippen molar-refractivity contribution in [2.45, 2.75) is 19.8 Å². The lowest BCUT2D eigenvalue weighted by Gasteiger charge is -2.11. The maximum absolute atomic E-state index is 11.2. The lowest BCUT2D eigenvalue weighted by atomic mass is 10.1.